The molecule has 0 saturated carbocycles. The highest BCUT2D eigenvalue weighted by atomic mass is 19.1. The van der Waals surface area contributed by atoms with E-state index >= 15 is 0 Å². The van der Waals surface area contributed by atoms with Gasteiger partial charge in [-0.1, -0.05) is 18.2 Å². The van der Waals surface area contributed by atoms with Crippen LogP contribution in [0, 0.1) is 5.82 Å². The fraction of sp³-hybridized carbons (Fsp3) is 0.250. The van der Waals surface area contributed by atoms with Crippen molar-refractivity contribution in [1.29, 1.82) is 0 Å². The second-order valence-corrected chi connectivity index (χ2v) is 6.15. The van der Waals surface area contributed by atoms with Gasteiger partial charge < -0.3 is 14.5 Å². The summed E-state index contributed by atoms with van der Waals surface area (Å²) in [5, 5.41) is 1.15. The number of hydrogen-bond acceptors (Lipinski definition) is 4. The van der Waals surface area contributed by atoms with Gasteiger partial charge in [0.2, 0.25) is 0 Å². The first kappa shape index (κ1) is 15.7. The molecule has 2 aromatic carbocycles. The number of hydrogen-bond donors (Lipinski definition) is 0. The van der Waals surface area contributed by atoms with Crippen LogP contribution in [0.2, 0.25) is 0 Å². The number of methoxy groups -OCH3 is 1. The number of para-hydroxylation sites is 1. The maximum absolute atomic E-state index is 13.4. The lowest BCUT2D eigenvalue weighted by molar-refractivity contribution is 0.410. The first-order valence-corrected chi connectivity index (χ1v) is 8.44. The molecule has 3 aromatic rings. The molecule has 4 rings (SSSR count). The SMILES string of the molecule is COc1cc(F)ccc1N1CCN(c2ccc3ccccc3n2)CC1. The van der Waals surface area contributed by atoms with Gasteiger partial charge in [0.1, 0.15) is 17.4 Å². The summed E-state index contributed by atoms with van der Waals surface area (Å²) in [6.45, 7) is 3.42. The van der Waals surface area contributed by atoms with E-state index in [4.69, 9.17) is 9.72 Å². The van der Waals surface area contributed by atoms with Gasteiger partial charge in [0.15, 0.2) is 0 Å². The standard InChI is InChI=1S/C20H20FN3O/c1-25-19-14-16(21)7-8-18(19)23-10-12-24(13-11-23)20-9-6-15-4-2-3-5-17(15)22-20/h2-9,14H,10-13H2,1H3. The molecule has 1 aliphatic rings. The van der Waals surface area contributed by atoms with E-state index in [0.29, 0.717) is 5.75 Å². The number of benzene rings is 2. The molecule has 0 aliphatic carbocycles. The molecule has 0 amide bonds. The second-order valence-electron chi connectivity index (χ2n) is 6.15. The van der Waals surface area contributed by atoms with E-state index in [9.17, 15) is 4.39 Å². The summed E-state index contributed by atoms with van der Waals surface area (Å²) in [7, 11) is 1.58. The number of halogens is 1. The molecule has 4 nitrogen and oxygen atoms in total. The van der Waals surface area contributed by atoms with Crippen LogP contribution < -0.4 is 14.5 Å². The normalized spacial score (nSPS) is 14.8. The summed E-state index contributed by atoms with van der Waals surface area (Å²) >= 11 is 0. The third-order valence-corrected chi connectivity index (χ3v) is 4.67. The van der Waals surface area contributed by atoms with Crippen molar-refractivity contribution in [3.8, 4) is 5.75 Å². The monoisotopic (exact) mass is 337 g/mol. The van der Waals surface area contributed by atoms with Gasteiger partial charge in [-0.25, -0.2) is 9.37 Å². The minimum atomic E-state index is -0.278. The quantitative estimate of drug-likeness (QED) is 0.728. The van der Waals surface area contributed by atoms with Gasteiger partial charge in [-0.05, 0) is 30.3 Å². The third-order valence-electron chi connectivity index (χ3n) is 4.67. The summed E-state index contributed by atoms with van der Waals surface area (Å²) in [5.41, 5.74) is 1.96. The van der Waals surface area contributed by atoms with E-state index < -0.39 is 0 Å². The number of fused-ring (bicyclic) bond motifs is 1. The number of nitrogens with zero attached hydrogens (tertiary/aromatic N) is 3. The summed E-state index contributed by atoms with van der Waals surface area (Å²) in [5.74, 6) is 1.31. The number of aromatic nitrogens is 1. The molecule has 1 aromatic heterocycles. The summed E-state index contributed by atoms with van der Waals surface area (Å²) in [6, 6.07) is 17.1. The van der Waals surface area contributed by atoms with Gasteiger partial charge in [-0.15, -0.1) is 0 Å². The number of anilines is 2. The molecular formula is C20H20FN3O. The average molecular weight is 337 g/mol. The zero-order valence-electron chi connectivity index (χ0n) is 14.2. The number of rotatable bonds is 3. The highest BCUT2D eigenvalue weighted by molar-refractivity contribution is 5.80. The summed E-state index contributed by atoms with van der Waals surface area (Å²) < 4.78 is 18.7. The predicted octanol–water partition coefficient (Wildman–Crippen LogP) is 3.71. The predicted molar refractivity (Wildman–Crippen MR) is 99.1 cm³/mol. The molecule has 128 valence electrons. The fourth-order valence-electron chi connectivity index (χ4n) is 3.32. The Labute approximate surface area is 146 Å². The van der Waals surface area contributed by atoms with E-state index in [0.717, 1.165) is 48.6 Å². The number of piperazine rings is 1. The van der Waals surface area contributed by atoms with Crippen LogP contribution >= 0.6 is 0 Å². The van der Waals surface area contributed by atoms with Crippen molar-refractivity contribution < 1.29 is 9.13 Å². The van der Waals surface area contributed by atoms with Crippen molar-refractivity contribution in [3.63, 3.8) is 0 Å². The van der Waals surface area contributed by atoms with E-state index in [2.05, 4.69) is 28.0 Å². The Morgan fingerprint density at radius 1 is 0.920 bits per heavy atom. The molecule has 1 saturated heterocycles. The fourth-order valence-corrected chi connectivity index (χ4v) is 3.32. The van der Waals surface area contributed by atoms with Gasteiger partial charge in [0, 0.05) is 37.6 Å². The van der Waals surface area contributed by atoms with Crippen LogP contribution in [0.3, 0.4) is 0 Å². The van der Waals surface area contributed by atoms with Gasteiger partial charge in [0.25, 0.3) is 0 Å². The zero-order chi connectivity index (χ0) is 17.2. The third kappa shape index (κ3) is 3.09. The van der Waals surface area contributed by atoms with Gasteiger partial charge in [-0.2, -0.15) is 0 Å². The molecule has 0 radical (unpaired) electrons. The van der Waals surface area contributed by atoms with E-state index in [-0.39, 0.29) is 5.82 Å². The van der Waals surface area contributed by atoms with Gasteiger partial charge >= 0.3 is 0 Å². The topological polar surface area (TPSA) is 28.6 Å². The molecule has 0 unspecified atom stereocenters. The molecule has 5 heteroatoms. The Balaban J connectivity index is 1.51. The van der Waals surface area contributed by atoms with Crippen LogP contribution in [0.25, 0.3) is 10.9 Å². The zero-order valence-corrected chi connectivity index (χ0v) is 14.2. The van der Waals surface area contributed by atoms with Crippen molar-refractivity contribution in [2.24, 2.45) is 0 Å². The summed E-state index contributed by atoms with van der Waals surface area (Å²) in [6.07, 6.45) is 0. The molecule has 1 aliphatic heterocycles. The van der Waals surface area contributed by atoms with Crippen molar-refractivity contribution >= 4 is 22.4 Å². The Morgan fingerprint density at radius 2 is 1.68 bits per heavy atom. The van der Waals surface area contributed by atoms with Crippen molar-refractivity contribution in [2.45, 2.75) is 0 Å². The largest absolute Gasteiger partial charge is 0.494 e. The Bertz CT molecular complexity index is 891. The Kier molecular flexibility index (Phi) is 4.14. The molecule has 1 fully saturated rings. The van der Waals surface area contributed by atoms with E-state index in [1.54, 1.807) is 13.2 Å². The highest BCUT2D eigenvalue weighted by Gasteiger charge is 2.21. The first-order chi connectivity index (χ1) is 12.2. The minimum Gasteiger partial charge on any atom is -0.494 e. The van der Waals surface area contributed by atoms with Crippen LogP contribution in [0.4, 0.5) is 15.9 Å². The van der Waals surface area contributed by atoms with Gasteiger partial charge in [-0.3, -0.25) is 0 Å². The average Bonchev–Trinajstić information content (AvgIpc) is 2.67. The van der Waals surface area contributed by atoms with Crippen LogP contribution in [-0.2, 0) is 0 Å². The highest BCUT2D eigenvalue weighted by Crippen LogP contribution is 2.30. The molecule has 0 N–H and O–H groups in total. The van der Waals surface area contributed by atoms with Crippen LogP contribution in [-0.4, -0.2) is 38.3 Å². The van der Waals surface area contributed by atoms with E-state index in [1.165, 1.54) is 12.1 Å². The molecule has 2 heterocycles. The Morgan fingerprint density at radius 3 is 2.48 bits per heavy atom. The van der Waals surface area contributed by atoms with Crippen molar-refractivity contribution in [2.75, 3.05) is 43.1 Å². The lowest BCUT2D eigenvalue weighted by Crippen LogP contribution is -2.47. The minimum absolute atomic E-state index is 0.278. The number of ether oxygens (including phenoxy) is 1. The molecule has 0 atom stereocenters. The van der Waals surface area contributed by atoms with Crippen LogP contribution in [0.1, 0.15) is 0 Å². The van der Waals surface area contributed by atoms with Crippen molar-refractivity contribution in [3.05, 3.63) is 60.4 Å². The molecule has 25 heavy (non-hydrogen) atoms. The second kappa shape index (κ2) is 6.59. The summed E-state index contributed by atoms with van der Waals surface area (Å²) in [4.78, 5) is 9.30. The first-order valence-electron chi connectivity index (χ1n) is 8.44. The van der Waals surface area contributed by atoms with E-state index in [1.807, 2.05) is 18.2 Å². The molecular weight excluding hydrogens is 317 g/mol. The van der Waals surface area contributed by atoms with Crippen LogP contribution in [0.15, 0.2) is 54.6 Å². The lowest BCUT2D eigenvalue weighted by Gasteiger charge is -2.37. The molecule has 0 bridgehead atoms. The Hall–Kier alpha value is -2.82. The smallest absolute Gasteiger partial charge is 0.145 e. The van der Waals surface area contributed by atoms with Gasteiger partial charge in [0.05, 0.1) is 18.3 Å². The molecule has 0 spiro atoms. The lowest BCUT2D eigenvalue weighted by atomic mass is 10.2. The maximum atomic E-state index is 13.4. The number of pyridine rings is 1. The maximum Gasteiger partial charge on any atom is 0.145 e. The van der Waals surface area contributed by atoms with Crippen molar-refractivity contribution in [1.82, 2.24) is 4.98 Å². The van der Waals surface area contributed by atoms with Crippen LogP contribution in [0.5, 0.6) is 5.75 Å².